The quantitative estimate of drug-likeness (QED) is 0.802. The summed E-state index contributed by atoms with van der Waals surface area (Å²) in [5.74, 6) is -0.879. The van der Waals surface area contributed by atoms with E-state index in [1.807, 2.05) is 0 Å². The van der Waals surface area contributed by atoms with Crippen molar-refractivity contribution < 1.29 is 15.0 Å². The molecule has 1 rings (SSSR count). The Kier molecular flexibility index (Phi) is 10.6. The number of carboxylic acids is 1. The van der Waals surface area contributed by atoms with Crippen LogP contribution >= 0.6 is 0 Å². The van der Waals surface area contributed by atoms with Crippen molar-refractivity contribution in [3.63, 3.8) is 0 Å². The van der Waals surface area contributed by atoms with Gasteiger partial charge in [-0.05, 0) is 12.1 Å². The summed E-state index contributed by atoms with van der Waals surface area (Å²) >= 11 is 0.627. The molecule has 0 spiro atoms. The number of unbranched alkanes of at least 4 members (excludes halogenated alkanes) is 1. The maximum absolute atomic E-state index is 10.2. The normalized spacial score (nSPS) is 11.2. The van der Waals surface area contributed by atoms with E-state index in [1.165, 1.54) is 12.8 Å². The second-order valence-corrected chi connectivity index (χ2v) is 5.74. The first-order valence-electron chi connectivity index (χ1n) is 5.54. The number of hydrogen-bond donors (Lipinski definition) is 2. The van der Waals surface area contributed by atoms with Crippen molar-refractivity contribution in [1.29, 1.82) is 0 Å². The van der Waals surface area contributed by atoms with Gasteiger partial charge in [-0.3, -0.25) is 0 Å². The number of aliphatic hydroxyl groups is 1. The van der Waals surface area contributed by atoms with Crippen LogP contribution < -0.4 is 0 Å². The van der Waals surface area contributed by atoms with Crippen molar-refractivity contribution in [1.82, 2.24) is 0 Å². The Morgan fingerprint density at radius 3 is 2.19 bits per heavy atom. The van der Waals surface area contributed by atoms with Gasteiger partial charge in [0, 0.05) is 0 Å². The summed E-state index contributed by atoms with van der Waals surface area (Å²) in [6, 6.07) is 8.30. The van der Waals surface area contributed by atoms with E-state index in [2.05, 4.69) is 6.92 Å². The third-order valence-electron chi connectivity index (χ3n) is 2.00. The Labute approximate surface area is 130 Å². The number of carbonyl (C=O) groups is 1. The maximum atomic E-state index is 10.2. The van der Waals surface area contributed by atoms with Crippen LogP contribution in [-0.4, -0.2) is 65.3 Å². The monoisotopic (exact) mass is 248 g/mol. The van der Waals surface area contributed by atoms with Gasteiger partial charge in [0.25, 0.3) is 0 Å². The van der Waals surface area contributed by atoms with Crippen molar-refractivity contribution in [3.8, 4) is 0 Å². The summed E-state index contributed by atoms with van der Waals surface area (Å²) in [4.78, 5) is 10.2. The van der Waals surface area contributed by atoms with Gasteiger partial charge in [0.2, 0.25) is 0 Å². The molecule has 3 nitrogen and oxygen atoms in total. The van der Waals surface area contributed by atoms with Crippen molar-refractivity contribution in [3.05, 3.63) is 35.9 Å². The van der Waals surface area contributed by atoms with Crippen LogP contribution in [0.4, 0.5) is 0 Å². The Balaban J connectivity index is 0.000000293. The van der Waals surface area contributed by atoms with Crippen molar-refractivity contribution >= 4 is 54.9 Å². The zero-order valence-corrected chi connectivity index (χ0v) is 13.0. The van der Waals surface area contributed by atoms with Gasteiger partial charge >= 0.3 is 86.4 Å². The summed E-state index contributed by atoms with van der Waals surface area (Å²) in [5, 5.41) is 17.2. The van der Waals surface area contributed by atoms with E-state index in [0.717, 1.165) is 6.42 Å². The number of carboxylic acid groups (broad SMARTS) is 1. The predicted molar refractivity (Wildman–Crippen MR) is 64.7 cm³/mol. The fraction of sp³-hybridized carbons (Fsp3) is 0.417. The van der Waals surface area contributed by atoms with Crippen LogP contribution in [0.15, 0.2) is 30.3 Å². The smallest absolute Gasteiger partial charge is 0.335 e. The van der Waals surface area contributed by atoms with E-state index in [-0.39, 0.29) is 0.199 Å². The molecule has 0 aliphatic rings. The van der Waals surface area contributed by atoms with Crippen LogP contribution in [0.1, 0.15) is 36.5 Å². The molecule has 0 heterocycles. The van der Waals surface area contributed by atoms with Crippen LogP contribution in [0, 0.1) is 0 Å². The molecule has 16 heavy (non-hydrogen) atoms. The molecular weight excluding hydrogens is 231 g/mol. The van der Waals surface area contributed by atoms with Crippen molar-refractivity contribution in [2.45, 2.75) is 26.4 Å². The first-order valence-corrected chi connectivity index (χ1v) is 7.34. The van der Waals surface area contributed by atoms with Crippen LogP contribution in [0.2, 0.25) is 0 Å². The number of hydrogen-bond acceptors (Lipinski definition) is 2. The third-order valence-corrected chi connectivity index (χ3v) is 2.90. The molecular formula is C12H17KO3. The number of benzene rings is 1. The summed E-state index contributed by atoms with van der Waals surface area (Å²) in [6.07, 6.45) is 3.45. The molecule has 0 aliphatic heterocycles. The van der Waals surface area contributed by atoms with Gasteiger partial charge in [0.1, 0.15) is 0 Å². The SMILES string of the molecule is CCCC[CH](O)[K].O=C(O)c1ccccc1. The Morgan fingerprint density at radius 2 is 1.94 bits per heavy atom. The first-order chi connectivity index (χ1) is 7.57. The molecule has 0 fully saturated rings. The number of aliphatic hydroxyl groups excluding tert-OH is 1. The summed E-state index contributed by atoms with van der Waals surface area (Å²) < 4.78 is 0.0902. The zero-order valence-electron chi connectivity index (χ0n) is 9.89. The van der Waals surface area contributed by atoms with E-state index in [9.17, 15) is 4.79 Å². The van der Waals surface area contributed by atoms with Crippen molar-refractivity contribution in [2.75, 3.05) is 0 Å². The second kappa shape index (κ2) is 10.4. The molecule has 1 aromatic carbocycles. The molecule has 2 N–H and O–H groups in total. The zero-order chi connectivity index (χ0) is 12.4. The molecule has 0 radical (unpaired) electrons. The summed E-state index contributed by atoms with van der Waals surface area (Å²) in [6.45, 7) is 2.15. The largest absolute Gasteiger partial charge is 0.478 e. The minimum atomic E-state index is -0.879. The van der Waals surface area contributed by atoms with Gasteiger partial charge in [-0.15, -0.1) is 0 Å². The molecule has 4 heteroatoms. The molecule has 1 unspecified atom stereocenters. The van der Waals surface area contributed by atoms with Gasteiger partial charge < -0.3 is 5.11 Å². The average molecular weight is 248 g/mol. The summed E-state index contributed by atoms with van der Waals surface area (Å²) in [5.41, 5.74) is 0.331. The van der Waals surface area contributed by atoms with Gasteiger partial charge in [-0.25, -0.2) is 4.79 Å². The van der Waals surface area contributed by atoms with Crippen LogP contribution in [0.25, 0.3) is 0 Å². The van der Waals surface area contributed by atoms with E-state index in [4.69, 9.17) is 10.2 Å². The van der Waals surface area contributed by atoms with Gasteiger partial charge in [-0.2, -0.15) is 0 Å². The van der Waals surface area contributed by atoms with E-state index in [1.54, 1.807) is 30.3 Å². The van der Waals surface area contributed by atoms with Crippen LogP contribution in [0.5, 0.6) is 0 Å². The van der Waals surface area contributed by atoms with Crippen LogP contribution in [-0.2, 0) is 0 Å². The van der Waals surface area contributed by atoms with E-state index < -0.39 is 5.97 Å². The number of aromatic carboxylic acids is 1. The minimum Gasteiger partial charge on any atom is -0.478 e. The first kappa shape index (κ1) is 16.3. The fourth-order valence-corrected chi connectivity index (χ4v) is 1.72. The fourth-order valence-electron chi connectivity index (χ4n) is 1.08. The minimum absolute atomic E-state index is 0.0902. The Bertz CT molecular complexity index is 286. The Morgan fingerprint density at radius 1 is 1.38 bits per heavy atom. The van der Waals surface area contributed by atoms with Crippen LogP contribution in [0.3, 0.4) is 0 Å². The van der Waals surface area contributed by atoms with Gasteiger partial charge in [0.15, 0.2) is 0 Å². The average Bonchev–Trinajstić information content (AvgIpc) is 2.28. The second-order valence-electron chi connectivity index (χ2n) is 3.66. The Hall–Kier alpha value is 0.286. The molecule has 84 valence electrons. The molecule has 0 saturated heterocycles. The summed E-state index contributed by atoms with van der Waals surface area (Å²) in [7, 11) is 0. The van der Waals surface area contributed by atoms with E-state index in [0.29, 0.717) is 54.5 Å². The van der Waals surface area contributed by atoms with Gasteiger partial charge in [0.05, 0.1) is 5.56 Å². The maximum Gasteiger partial charge on any atom is 0.335 e. The third kappa shape index (κ3) is 9.51. The molecule has 0 aliphatic carbocycles. The van der Waals surface area contributed by atoms with Crippen molar-refractivity contribution in [2.24, 2.45) is 0 Å². The molecule has 0 saturated carbocycles. The molecule has 1 aromatic rings. The molecule has 1 atom stereocenters. The number of rotatable bonds is 4. The molecule has 0 aromatic heterocycles. The predicted octanol–water partition coefficient (Wildman–Crippen LogP) is 2.05. The van der Waals surface area contributed by atoms with E-state index >= 15 is 0 Å². The molecule has 0 amide bonds. The molecule has 0 bridgehead atoms. The van der Waals surface area contributed by atoms with Gasteiger partial charge in [-0.1, -0.05) is 18.2 Å². The topological polar surface area (TPSA) is 57.5 Å². The standard InChI is InChI=1S/C7H6O2.C5H11O.K/c8-7(9)6-4-2-1-3-5-6;1-2-3-4-5-6;/h1-5H,(H,8,9);5-6H,2-4H2,1H3;.